The molecule has 1 atom stereocenters. The number of aromatic nitrogens is 1. The highest BCUT2D eigenvalue weighted by molar-refractivity contribution is 5.09. The van der Waals surface area contributed by atoms with E-state index in [0.717, 1.165) is 25.7 Å². The monoisotopic (exact) mass is 207 g/mol. The predicted molar refractivity (Wildman–Crippen MR) is 62.7 cm³/mol. The van der Waals surface area contributed by atoms with Crippen molar-refractivity contribution in [1.82, 2.24) is 4.98 Å². The van der Waals surface area contributed by atoms with Crippen LogP contribution < -0.4 is 0 Å². The van der Waals surface area contributed by atoms with Crippen LogP contribution in [0.1, 0.15) is 44.6 Å². The van der Waals surface area contributed by atoms with Crippen LogP contribution in [0.5, 0.6) is 0 Å². The third-order valence-corrected chi connectivity index (χ3v) is 2.66. The summed E-state index contributed by atoms with van der Waals surface area (Å²) in [5.41, 5.74) is 1.26. The number of aryl methyl sites for hydroxylation is 1. The van der Waals surface area contributed by atoms with Crippen molar-refractivity contribution in [2.45, 2.75) is 51.6 Å². The molecule has 0 amide bonds. The van der Waals surface area contributed by atoms with Crippen LogP contribution in [0, 0.1) is 0 Å². The van der Waals surface area contributed by atoms with Crippen LogP contribution in [-0.4, -0.2) is 16.2 Å². The number of rotatable bonds is 7. The van der Waals surface area contributed by atoms with Crippen LogP contribution in [0.15, 0.2) is 24.5 Å². The van der Waals surface area contributed by atoms with Crippen LogP contribution in [0.2, 0.25) is 0 Å². The molecule has 0 fully saturated rings. The van der Waals surface area contributed by atoms with Crippen LogP contribution in [0.4, 0.5) is 0 Å². The Balaban J connectivity index is 2.14. The quantitative estimate of drug-likeness (QED) is 0.697. The van der Waals surface area contributed by atoms with Crippen molar-refractivity contribution in [2.75, 3.05) is 0 Å². The van der Waals surface area contributed by atoms with E-state index in [1.165, 1.54) is 18.4 Å². The molecule has 0 radical (unpaired) electrons. The van der Waals surface area contributed by atoms with Crippen LogP contribution >= 0.6 is 0 Å². The SMILES string of the molecule is CCCCCC(O)CCc1ccncc1. The van der Waals surface area contributed by atoms with Gasteiger partial charge in [0.2, 0.25) is 0 Å². The fourth-order valence-electron chi connectivity index (χ4n) is 1.66. The molecule has 1 heterocycles. The third-order valence-electron chi connectivity index (χ3n) is 2.66. The average molecular weight is 207 g/mol. The zero-order valence-electron chi connectivity index (χ0n) is 9.52. The maximum atomic E-state index is 9.72. The minimum Gasteiger partial charge on any atom is -0.393 e. The van der Waals surface area contributed by atoms with Gasteiger partial charge in [-0.1, -0.05) is 26.2 Å². The lowest BCUT2D eigenvalue weighted by Gasteiger charge is -2.09. The Labute approximate surface area is 92.4 Å². The first-order valence-electron chi connectivity index (χ1n) is 5.90. The Kier molecular flexibility index (Phi) is 6.02. The van der Waals surface area contributed by atoms with E-state index in [4.69, 9.17) is 0 Å². The van der Waals surface area contributed by atoms with Crippen molar-refractivity contribution in [1.29, 1.82) is 0 Å². The molecule has 1 aromatic heterocycles. The molecule has 1 rings (SSSR count). The van der Waals surface area contributed by atoms with Gasteiger partial charge in [0.25, 0.3) is 0 Å². The molecule has 0 saturated carbocycles. The van der Waals surface area contributed by atoms with Gasteiger partial charge < -0.3 is 5.11 Å². The molecule has 2 heteroatoms. The molecule has 0 bridgehead atoms. The summed E-state index contributed by atoms with van der Waals surface area (Å²) < 4.78 is 0. The molecule has 15 heavy (non-hydrogen) atoms. The summed E-state index contributed by atoms with van der Waals surface area (Å²) >= 11 is 0. The zero-order chi connectivity index (χ0) is 10.9. The number of nitrogens with zero attached hydrogens (tertiary/aromatic N) is 1. The molecule has 0 saturated heterocycles. The van der Waals surface area contributed by atoms with E-state index in [-0.39, 0.29) is 6.10 Å². The minimum absolute atomic E-state index is 0.135. The van der Waals surface area contributed by atoms with E-state index >= 15 is 0 Å². The van der Waals surface area contributed by atoms with Gasteiger partial charge >= 0.3 is 0 Å². The fraction of sp³-hybridized carbons (Fsp3) is 0.615. The Hall–Kier alpha value is -0.890. The molecule has 1 unspecified atom stereocenters. The molecular weight excluding hydrogens is 186 g/mol. The first-order valence-corrected chi connectivity index (χ1v) is 5.90. The van der Waals surface area contributed by atoms with Crippen molar-refractivity contribution < 1.29 is 5.11 Å². The van der Waals surface area contributed by atoms with Gasteiger partial charge in [-0.25, -0.2) is 0 Å². The molecule has 0 spiro atoms. The van der Waals surface area contributed by atoms with Gasteiger partial charge in [-0.2, -0.15) is 0 Å². The van der Waals surface area contributed by atoms with Crippen molar-refractivity contribution in [3.8, 4) is 0 Å². The fourth-order valence-corrected chi connectivity index (χ4v) is 1.66. The molecule has 0 aliphatic rings. The molecular formula is C13H21NO. The normalized spacial score (nSPS) is 12.7. The summed E-state index contributed by atoms with van der Waals surface area (Å²) in [4.78, 5) is 3.97. The Morgan fingerprint density at radius 1 is 1.20 bits per heavy atom. The lowest BCUT2D eigenvalue weighted by atomic mass is 10.0. The van der Waals surface area contributed by atoms with Gasteiger partial charge in [0.1, 0.15) is 0 Å². The number of aliphatic hydroxyl groups excluding tert-OH is 1. The van der Waals surface area contributed by atoms with Crippen molar-refractivity contribution in [3.05, 3.63) is 30.1 Å². The first kappa shape index (κ1) is 12.2. The second kappa shape index (κ2) is 7.41. The number of hydrogen-bond donors (Lipinski definition) is 1. The second-order valence-corrected chi connectivity index (χ2v) is 4.04. The number of unbranched alkanes of at least 4 members (excludes halogenated alkanes) is 2. The Morgan fingerprint density at radius 3 is 2.60 bits per heavy atom. The molecule has 2 nitrogen and oxygen atoms in total. The topological polar surface area (TPSA) is 33.1 Å². The summed E-state index contributed by atoms with van der Waals surface area (Å²) in [7, 11) is 0. The summed E-state index contributed by atoms with van der Waals surface area (Å²) in [5.74, 6) is 0. The smallest absolute Gasteiger partial charge is 0.0543 e. The maximum absolute atomic E-state index is 9.72. The summed E-state index contributed by atoms with van der Waals surface area (Å²) in [6.45, 7) is 2.18. The molecule has 0 aliphatic heterocycles. The van der Waals surface area contributed by atoms with Crippen LogP contribution in [0.25, 0.3) is 0 Å². The average Bonchev–Trinajstić information content (AvgIpc) is 2.28. The molecule has 1 N–H and O–H groups in total. The molecule has 1 aromatic rings. The van der Waals surface area contributed by atoms with Crippen molar-refractivity contribution in [2.24, 2.45) is 0 Å². The van der Waals surface area contributed by atoms with Gasteiger partial charge in [-0.05, 0) is 37.0 Å². The lowest BCUT2D eigenvalue weighted by molar-refractivity contribution is 0.151. The van der Waals surface area contributed by atoms with E-state index in [2.05, 4.69) is 11.9 Å². The molecule has 0 aromatic carbocycles. The van der Waals surface area contributed by atoms with E-state index in [0.29, 0.717) is 0 Å². The Bertz CT molecular complexity index is 248. The Morgan fingerprint density at radius 2 is 1.93 bits per heavy atom. The van der Waals surface area contributed by atoms with Gasteiger partial charge in [0.15, 0.2) is 0 Å². The number of aliphatic hydroxyl groups is 1. The lowest BCUT2D eigenvalue weighted by Crippen LogP contribution is -2.07. The highest BCUT2D eigenvalue weighted by atomic mass is 16.3. The van der Waals surface area contributed by atoms with E-state index in [1.54, 1.807) is 12.4 Å². The van der Waals surface area contributed by atoms with Gasteiger partial charge in [-0.3, -0.25) is 4.98 Å². The van der Waals surface area contributed by atoms with E-state index in [9.17, 15) is 5.11 Å². The van der Waals surface area contributed by atoms with Crippen molar-refractivity contribution in [3.63, 3.8) is 0 Å². The minimum atomic E-state index is -0.135. The summed E-state index contributed by atoms with van der Waals surface area (Å²) in [5, 5.41) is 9.72. The molecule has 0 aliphatic carbocycles. The summed E-state index contributed by atoms with van der Waals surface area (Å²) in [6.07, 6.45) is 9.84. The standard InChI is InChI=1S/C13H21NO/c1-2-3-4-5-13(15)7-6-12-8-10-14-11-9-12/h8-11,13,15H,2-7H2,1H3. The number of pyridine rings is 1. The summed E-state index contributed by atoms with van der Waals surface area (Å²) in [6, 6.07) is 4.03. The highest BCUT2D eigenvalue weighted by Gasteiger charge is 2.03. The second-order valence-electron chi connectivity index (χ2n) is 4.04. The predicted octanol–water partition coefficient (Wildman–Crippen LogP) is 2.96. The highest BCUT2D eigenvalue weighted by Crippen LogP contribution is 2.09. The third kappa shape index (κ3) is 5.53. The van der Waals surface area contributed by atoms with E-state index < -0.39 is 0 Å². The van der Waals surface area contributed by atoms with E-state index in [1.807, 2.05) is 12.1 Å². The van der Waals surface area contributed by atoms with Crippen LogP contribution in [0.3, 0.4) is 0 Å². The largest absolute Gasteiger partial charge is 0.393 e. The van der Waals surface area contributed by atoms with Gasteiger partial charge in [-0.15, -0.1) is 0 Å². The molecule has 84 valence electrons. The van der Waals surface area contributed by atoms with Gasteiger partial charge in [0, 0.05) is 12.4 Å². The van der Waals surface area contributed by atoms with Crippen molar-refractivity contribution >= 4 is 0 Å². The first-order chi connectivity index (χ1) is 7.33. The van der Waals surface area contributed by atoms with Gasteiger partial charge in [0.05, 0.1) is 6.10 Å². The van der Waals surface area contributed by atoms with Crippen LogP contribution in [-0.2, 0) is 6.42 Å². The maximum Gasteiger partial charge on any atom is 0.0543 e. The number of hydrogen-bond acceptors (Lipinski definition) is 2. The zero-order valence-corrected chi connectivity index (χ0v) is 9.52.